The Bertz CT molecular complexity index is 553. The van der Waals surface area contributed by atoms with E-state index in [1.807, 2.05) is 12.1 Å². The first-order valence-corrected chi connectivity index (χ1v) is 7.86. The zero-order valence-corrected chi connectivity index (χ0v) is 11.0. The van der Waals surface area contributed by atoms with Crippen LogP contribution in [0.25, 0.3) is 0 Å². The van der Waals surface area contributed by atoms with E-state index in [2.05, 4.69) is 0 Å². The molecule has 0 heterocycles. The number of sulfone groups is 1. The van der Waals surface area contributed by atoms with Crippen LogP contribution < -0.4 is 0 Å². The predicted octanol–water partition coefficient (Wildman–Crippen LogP) is 1.39. The first-order chi connectivity index (χ1) is 8.31. The molecule has 18 heavy (non-hydrogen) atoms. The van der Waals surface area contributed by atoms with E-state index >= 15 is 0 Å². The number of hydrogen-bond acceptors (Lipinski definition) is 3. The lowest BCUT2D eigenvalue weighted by molar-refractivity contribution is -0.136. The van der Waals surface area contributed by atoms with E-state index in [0.29, 0.717) is 0 Å². The van der Waals surface area contributed by atoms with Gasteiger partial charge in [0.05, 0.1) is 12.2 Å². The highest BCUT2D eigenvalue weighted by Crippen LogP contribution is 2.49. The zero-order valence-electron chi connectivity index (χ0n) is 10.2. The van der Waals surface area contributed by atoms with Gasteiger partial charge in [0.25, 0.3) is 0 Å². The van der Waals surface area contributed by atoms with Crippen molar-refractivity contribution in [2.45, 2.75) is 24.7 Å². The Kier molecular flexibility index (Phi) is 3.19. The predicted molar refractivity (Wildman–Crippen MR) is 68.4 cm³/mol. The van der Waals surface area contributed by atoms with Gasteiger partial charge < -0.3 is 5.11 Å². The molecule has 0 amide bonds. The molecule has 5 heteroatoms. The molecule has 1 fully saturated rings. The van der Waals surface area contributed by atoms with Gasteiger partial charge in [0.1, 0.15) is 9.84 Å². The molecule has 0 aliphatic heterocycles. The number of carboxylic acids is 1. The molecule has 1 aliphatic rings. The maximum atomic E-state index is 11.4. The third kappa shape index (κ3) is 3.10. The second kappa shape index (κ2) is 4.39. The molecule has 0 atom stereocenters. The average molecular weight is 268 g/mol. The Labute approximate surface area is 107 Å². The van der Waals surface area contributed by atoms with Crippen LogP contribution in [0.5, 0.6) is 0 Å². The third-order valence-corrected chi connectivity index (χ3v) is 4.39. The maximum Gasteiger partial charge on any atom is 0.307 e. The van der Waals surface area contributed by atoms with Gasteiger partial charge in [0, 0.05) is 11.7 Å². The van der Waals surface area contributed by atoms with E-state index in [0.717, 1.165) is 24.0 Å². The molecular formula is C13H16O4S. The van der Waals surface area contributed by atoms with E-state index < -0.39 is 15.8 Å². The van der Waals surface area contributed by atoms with Crippen LogP contribution >= 0.6 is 0 Å². The summed E-state index contributed by atoms with van der Waals surface area (Å²) in [6, 6.07) is 7.25. The van der Waals surface area contributed by atoms with Gasteiger partial charge in [-0.15, -0.1) is 0 Å². The SMILES string of the molecule is CS(=O)(=O)CC1(c2ccc(CC(=O)O)cc2)CC1. The standard InChI is InChI=1S/C13H16O4S/c1-18(16,17)9-13(6-7-13)11-4-2-10(3-5-11)8-12(14)15/h2-5H,6-9H2,1H3,(H,14,15). The first kappa shape index (κ1) is 13.1. The molecule has 0 spiro atoms. The Balaban J connectivity index is 2.17. The highest BCUT2D eigenvalue weighted by Gasteiger charge is 2.46. The molecule has 4 nitrogen and oxygen atoms in total. The van der Waals surface area contributed by atoms with Crippen molar-refractivity contribution in [2.24, 2.45) is 0 Å². The summed E-state index contributed by atoms with van der Waals surface area (Å²) in [5.74, 6) is -0.682. The third-order valence-electron chi connectivity index (χ3n) is 3.31. The molecule has 0 unspecified atom stereocenters. The van der Waals surface area contributed by atoms with Crippen molar-refractivity contribution in [1.82, 2.24) is 0 Å². The smallest absolute Gasteiger partial charge is 0.307 e. The molecule has 1 saturated carbocycles. The number of carboxylic acid groups (broad SMARTS) is 1. The molecule has 2 rings (SSSR count). The lowest BCUT2D eigenvalue weighted by atomic mass is 9.96. The fraction of sp³-hybridized carbons (Fsp3) is 0.462. The van der Waals surface area contributed by atoms with Gasteiger partial charge in [-0.1, -0.05) is 24.3 Å². The number of rotatable bonds is 5. The van der Waals surface area contributed by atoms with Crippen LogP contribution in [0.2, 0.25) is 0 Å². The topological polar surface area (TPSA) is 71.4 Å². The van der Waals surface area contributed by atoms with Crippen LogP contribution in [0, 0.1) is 0 Å². The number of benzene rings is 1. The second-order valence-corrected chi connectivity index (χ2v) is 7.26. The summed E-state index contributed by atoms with van der Waals surface area (Å²) in [5.41, 5.74) is 1.51. The van der Waals surface area contributed by atoms with Gasteiger partial charge in [-0.25, -0.2) is 8.42 Å². The van der Waals surface area contributed by atoms with Crippen LogP contribution in [0.1, 0.15) is 24.0 Å². The van der Waals surface area contributed by atoms with E-state index in [9.17, 15) is 13.2 Å². The van der Waals surface area contributed by atoms with Crippen molar-refractivity contribution in [1.29, 1.82) is 0 Å². The quantitative estimate of drug-likeness (QED) is 0.876. The van der Waals surface area contributed by atoms with Crippen molar-refractivity contribution >= 4 is 15.8 Å². The van der Waals surface area contributed by atoms with Gasteiger partial charge in [-0.3, -0.25) is 4.79 Å². The summed E-state index contributed by atoms with van der Waals surface area (Å²) in [6.45, 7) is 0. The van der Waals surface area contributed by atoms with Crippen LogP contribution in [0.4, 0.5) is 0 Å². The molecule has 0 aromatic heterocycles. The van der Waals surface area contributed by atoms with E-state index in [1.165, 1.54) is 6.26 Å². The molecule has 1 aromatic rings. The van der Waals surface area contributed by atoms with Gasteiger partial charge in [0.15, 0.2) is 0 Å². The van der Waals surface area contributed by atoms with Crippen molar-refractivity contribution < 1.29 is 18.3 Å². The van der Waals surface area contributed by atoms with Crippen molar-refractivity contribution in [3.05, 3.63) is 35.4 Å². The monoisotopic (exact) mass is 268 g/mol. The van der Waals surface area contributed by atoms with Crippen LogP contribution in [-0.2, 0) is 26.5 Å². The second-order valence-electron chi connectivity index (χ2n) is 5.12. The Hall–Kier alpha value is -1.36. The normalized spacial score (nSPS) is 17.4. The van der Waals surface area contributed by atoms with E-state index in [4.69, 9.17) is 5.11 Å². The van der Waals surface area contributed by atoms with Crippen molar-refractivity contribution in [3.63, 3.8) is 0 Å². The highest BCUT2D eigenvalue weighted by molar-refractivity contribution is 7.90. The summed E-state index contributed by atoms with van der Waals surface area (Å²) >= 11 is 0. The molecule has 0 radical (unpaired) electrons. The maximum absolute atomic E-state index is 11.4. The van der Waals surface area contributed by atoms with Crippen LogP contribution in [0.15, 0.2) is 24.3 Å². The fourth-order valence-electron chi connectivity index (χ4n) is 2.32. The summed E-state index contributed by atoms with van der Waals surface area (Å²) in [7, 11) is -2.99. The van der Waals surface area contributed by atoms with E-state index in [-0.39, 0.29) is 17.6 Å². The van der Waals surface area contributed by atoms with Gasteiger partial charge in [-0.2, -0.15) is 0 Å². The van der Waals surface area contributed by atoms with Gasteiger partial charge in [0.2, 0.25) is 0 Å². The largest absolute Gasteiger partial charge is 0.481 e. The molecule has 98 valence electrons. The highest BCUT2D eigenvalue weighted by atomic mass is 32.2. The summed E-state index contributed by atoms with van der Waals surface area (Å²) in [6.07, 6.45) is 3.03. The minimum Gasteiger partial charge on any atom is -0.481 e. The van der Waals surface area contributed by atoms with Crippen molar-refractivity contribution in [2.75, 3.05) is 12.0 Å². The zero-order chi connectivity index (χ0) is 13.4. The lowest BCUT2D eigenvalue weighted by Crippen LogP contribution is -2.19. The van der Waals surface area contributed by atoms with Crippen molar-refractivity contribution in [3.8, 4) is 0 Å². The minimum atomic E-state index is -2.99. The number of carbonyl (C=O) groups is 1. The molecular weight excluding hydrogens is 252 g/mol. The minimum absolute atomic E-state index is 0.000639. The van der Waals surface area contributed by atoms with Gasteiger partial charge >= 0.3 is 5.97 Å². The summed E-state index contributed by atoms with van der Waals surface area (Å²) in [5, 5.41) is 8.68. The van der Waals surface area contributed by atoms with Crippen LogP contribution in [0.3, 0.4) is 0 Å². The Morgan fingerprint density at radius 2 is 1.83 bits per heavy atom. The molecule has 1 aromatic carbocycles. The Morgan fingerprint density at radius 1 is 1.28 bits per heavy atom. The number of aliphatic carboxylic acids is 1. The number of hydrogen-bond donors (Lipinski definition) is 1. The lowest BCUT2D eigenvalue weighted by Gasteiger charge is -2.14. The molecule has 1 aliphatic carbocycles. The molecule has 1 N–H and O–H groups in total. The average Bonchev–Trinajstić information content (AvgIpc) is 2.96. The summed E-state index contributed by atoms with van der Waals surface area (Å²) in [4.78, 5) is 10.6. The van der Waals surface area contributed by atoms with E-state index in [1.54, 1.807) is 12.1 Å². The molecule has 0 bridgehead atoms. The Morgan fingerprint density at radius 3 is 2.22 bits per heavy atom. The fourth-order valence-corrected chi connectivity index (χ4v) is 3.78. The van der Waals surface area contributed by atoms with Crippen LogP contribution in [-0.4, -0.2) is 31.5 Å². The summed E-state index contributed by atoms with van der Waals surface area (Å²) < 4.78 is 22.8. The first-order valence-electron chi connectivity index (χ1n) is 5.80. The molecule has 0 saturated heterocycles. The van der Waals surface area contributed by atoms with Gasteiger partial charge in [-0.05, 0) is 24.0 Å².